The van der Waals surface area contributed by atoms with E-state index in [1.165, 1.54) is 0 Å². The summed E-state index contributed by atoms with van der Waals surface area (Å²) in [6, 6.07) is -0.0221. The summed E-state index contributed by atoms with van der Waals surface area (Å²) in [7, 11) is 0. The van der Waals surface area contributed by atoms with E-state index in [1.807, 2.05) is 48.5 Å². The van der Waals surface area contributed by atoms with Crippen molar-refractivity contribution in [3.05, 3.63) is 0 Å². The van der Waals surface area contributed by atoms with Crippen LogP contribution in [0.3, 0.4) is 0 Å². The molecule has 0 N–H and O–H groups in total. The average molecular weight is 299 g/mol. The predicted molar refractivity (Wildman–Crippen MR) is 81.0 cm³/mol. The van der Waals surface area contributed by atoms with Crippen molar-refractivity contribution < 1.29 is 19.1 Å². The van der Waals surface area contributed by atoms with Crippen molar-refractivity contribution in [2.75, 3.05) is 6.54 Å². The minimum absolute atomic E-state index is 0.0221. The molecule has 1 saturated heterocycles. The maximum absolute atomic E-state index is 12.1. The van der Waals surface area contributed by atoms with E-state index in [2.05, 4.69) is 0 Å². The molecule has 1 amide bonds. The summed E-state index contributed by atoms with van der Waals surface area (Å²) in [6.45, 7) is 13.6. The number of hydrogen-bond acceptors (Lipinski definition) is 4. The van der Waals surface area contributed by atoms with Gasteiger partial charge in [0, 0.05) is 12.6 Å². The van der Waals surface area contributed by atoms with Crippen LogP contribution in [0.5, 0.6) is 0 Å². The quantitative estimate of drug-likeness (QED) is 0.697. The van der Waals surface area contributed by atoms with Gasteiger partial charge in [-0.2, -0.15) is 0 Å². The van der Waals surface area contributed by atoms with Crippen LogP contribution in [-0.2, 0) is 14.3 Å². The van der Waals surface area contributed by atoms with Crippen molar-refractivity contribution >= 4 is 12.1 Å². The van der Waals surface area contributed by atoms with E-state index in [4.69, 9.17) is 9.47 Å². The number of amides is 1. The molecule has 1 heterocycles. The van der Waals surface area contributed by atoms with Gasteiger partial charge in [-0.15, -0.1) is 0 Å². The molecule has 1 fully saturated rings. The second kappa shape index (κ2) is 6.24. The summed E-state index contributed by atoms with van der Waals surface area (Å²) >= 11 is 0. The van der Waals surface area contributed by atoms with E-state index < -0.39 is 11.2 Å². The van der Waals surface area contributed by atoms with Gasteiger partial charge >= 0.3 is 12.1 Å². The van der Waals surface area contributed by atoms with Crippen molar-refractivity contribution in [1.82, 2.24) is 4.90 Å². The van der Waals surface area contributed by atoms with E-state index in [1.54, 1.807) is 4.90 Å². The van der Waals surface area contributed by atoms with Gasteiger partial charge in [-0.05, 0) is 61.3 Å². The van der Waals surface area contributed by atoms with Crippen molar-refractivity contribution in [3.8, 4) is 0 Å². The van der Waals surface area contributed by atoms with Crippen LogP contribution >= 0.6 is 0 Å². The molecule has 2 atom stereocenters. The Balaban J connectivity index is 2.58. The molecule has 0 unspecified atom stereocenters. The van der Waals surface area contributed by atoms with Gasteiger partial charge < -0.3 is 14.4 Å². The third-order valence-electron chi connectivity index (χ3n) is 3.24. The number of nitrogens with zero attached hydrogens (tertiary/aromatic N) is 1. The van der Waals surface area contributed by atoms with E-state index in [-0.39, 0.29) is 24.0 Å². The molecule has 0 aliphatic carbocycles. The molecule has 5 nitrogen and oxygen atoms in total. The minimum Gasteiger partial charge on any atom is -0.460 e. The normalized spacial score (nSPS) is 23.7. The lowest BCUT2D eigenvalue weighted by molar-refractivity contribution is -0.162. The number of likely N-dealkylation sites (tertiary alicyclic amines) is 1. The van der Waals surface area contributed by atoms with Gasteiger partial charge in [0.15, 0.2) is 0 Å². The highest BCUT2D eigenvalue weighted by Crippen LogP contribution is 2.27. The molecule has 21 heavy (non-hydrogen) atoms. The first-order valence-corrected chi connectivity index (χ1v) is 7.61. The lowest BCUT2D eigenvalue weighted by atomic mass is 9.92. The van der Waals surface area contributed by atoms with Gasteiger partial charge in [0.05, 0.1) is 5.92 Å². The Labute approximate surface area is 128 Å². The largest absolute Gasteiger partial charge is 0.460 e. The van der Waals surface area contributed by atoms with Crippen LogP contribution in [-0.4, -0.2) is 40.8 Å². The number of esters is 1. The molecule has 1 aliphatic heterocycles. The number of carbonyl (C=O) groups is 2. The van der Waals surface area contributed by atoms with Crippen LogP contribution in [0.15, 0.2) is 0 Å². The van der Waals surface area contributed by atoms with Crippen LogP contribution in [0.1, 0.15) is 61.3 Å². The molecule has 5 heteroatoms. The minimum atomic E-state index is -0.501. The van der Waals surface area contributed by atoms with Crippen LogP contribution in [0.4, 0.5) is 4.79 Å². The highest BCUT2D eigenvalue weighted by Gasteiger charge is 2.36. The first-order chi connectivity index (χ1) is 9.39. The fourth-order valence-corrected chi connectivity index (χ4v) is 2.36. The lowest BCUT2D eigenvalue weighted by Gasteiger charge is -2.38. The van der Waals surface area contributed by atoms with Crippen molar-refractivity contribution in [3.63, 3.8) is 0 Å². The second-order valence-corrected chi connectivity index (χ2v) is 7.78. The Bertz CT molecular complexity index is 392. The Morgan fingerprint density at radius 3 is 1.95 bits per heavy atom. The maximum Gasteiger partial charge on any atom is 0.410 e. The van der Waals surface area contributed by atoms with E-state index in [9.17, 15) is 9.59 Å². The molecule has 122 valence electrons. The first kappa shape index (κ1) is 17.8. The molecule has 0 aromatic carbocycles. The zero-order chi connectivity index (χ0) is 16.4. The SMILES string of the molecule is C[C@@H]1C[C@H](C(=O)OC(C)(C)C)CCN1C(=O)OC(C)(C)C. The molecule has 0 radical (unpaired) electrons. The Hall–Kier alpha value is -1.26. The van der Waals surface area contributed by atoms with Crippen molar-refractivity contribution in [2.24, 2.45) is 5.92 Å². The maximum atomic E-state index is 12.1. The van der Waals surface area contributed by atoms with Gasteiger partial charge in [0.25, 0.3) is 0 Å². The number of piperidine rings is 1. The number of rotatable bonds is 1. The molecule has 0 spiro atoms. The fourth-order valence-electron chi connectivity index (χ4n) is 2.36. The van der Waals surface area contributed by atoms with Crippen LogP contribution in [0, 0.1) is 5.92 Å². The van der Waals surface area contributed by atoms with E-state index >= 15 is 0 Å². The van der Waals surface area contributed by atoms with Crippen LogP contribution in [0.2, 0.25) is 0 Å². The standard InChI is InChI=1S/C16H29NO4/c1-11-10-12(13(18)20-15(2,3)4)8-9-17(11)14(19)21-16(5,6)7/h11-12H,8-10H2,1-7H3/t11-,12-/m1/s1. The number of ether oxygens (including phenoxy) is 2. The summed E-state index contributed by atoms with van der Waals surface area (Å²) in [5.74, 6) is -0.309. The first-order valence-electron chi connectivity index (χ1n) is 7.61. The average Bonchev–Trinajstić information content (AvgIpc) is 2.23. The summed E-state index contributed by atoms with van der Waals surface area (Å²) < 4.78 is 10.8. The Morgan fingerprint density at radius 1 is 1.00 bits per heavy atom. The number of carbonyl (C=O) groups excluding carboxylic acids is 2. The molecule has 1 aliphatic rings. The zero-order valence-electron chi connectivity index (χ0n) is 14.4. The summed E-state index contributed by atoms with van der Waals surface area (Å²) in [5.41, 5.74) is -0.971. The van der Waals surface area contributed by atoms with Gasteiger partial charge in [-0.3, -0.25) is 4.79 Å². The van der Waals surface area contributed by atoms with Gasteiger partial charge in [-0.1, -0.05) is 0 Å². The molecular formula is C16H29NO4. The highest BCUT2D eigenvalue weighted by molar-refractivity contribution is 5.74. The fraction of sp³-hybridized carbons (Fsp3) is 0.875. The Morgan fingerprint density at radius 2 is 1.52 bits per heavy atom. The third kappa shape index (κ3) is 5.94. The smallest absolute Gasteiger partial charge is 0.410 e. The molecule has 0 saturated carbocycles. The van der Waals surface area contributed by atoms with Crippen LogP contribution in [0.25, 0.3) is 0 Å². The molecule has 0 bridgehead atoms. The third-order valence-corrected chi connectivity index (χ3v) is 3.24. The second-order valence-electron chi connectivity index (χ2n) is 7.78. The topological polar surface area (TPSA) is 55.8 Å². The molecule has 0 aromatic rings. The highest BCUT2D eigenvalue weighted by atomic mass is 16.6. The van der Waals surface area contributed by atoms with Gasteiger partial charge in [-0.25, -0.2) is 4.79 Å². The Kier molecular flexibility index (Phi) is 5.29. The zero-order valence-corrected chi connectivity index (χ0v) is 14.4. The summed E-state index contributed by atoms with van der Waals surface area (Å²) in [5, 5.41) is 0. The van der Waals surface area contributed by atoms with Crippen molar-refractivity contribution in [2.45, 2.75) is 78.6 Å². The monoisotopic (exact) mass is 299 g/mol. The van der Waals surface area contributed by atoms with E-state index in [0.29, 0.717) is 19.4 Å². The van der Waals surface area contributed by atoms with Crippen LogP contribution < -0.4 is 0 Å². The predicted octanol–water partition coefficient (Wildman–Crippen LogP) is 3.36. The van der Waals surface area contributed by atoms with Crippen molar-refractivity contribution in [1.29, 1.82) is 0 Å². The summed E-state index contributed by atoms with van der Waals surface area (Å²) in [6.07, 6.45) is 0.935. The van der Waals surface area contributed by atoms with Gasteiger partial charge in [0.1, 0.15) is 11.2 Å². The van der Waals surface area contributed by atoms with Gasteiger partial charge in [0.2, 0.25) is 0 Å². The molecule has 1 rings (SSSR count). The summed E-state index contributed by atoms with van der Waals surface area (Å²) in [4.78, 5) is 25.9. The molecule has 0 aromatic heterocycles. The lowest BCUT2D eigenvalue weighted by Crippen LogP contribution is -2.48. The van der Waals surface area contributed by atoms with E-state index in [0.717, 1.165) is 0 Å². The number of hydrogen-bond donors (Lipinski definition) is 0. The molecular weight excluding hydrogens is 270 g/mol.